The van der Waals surface area contributed by atoms with Crippen LogP contribution in [0.5, 0.6) is 11.5 Å². The zero-order valence-electron chi connectivity index (χ0n) is 9.34. The lowest BCUT2D eigenvalue weighted by molar-refractivity contribution is 0.202. The number of ether oxygens (including phenoxy) is 1. The summed E-state index contributed by atoms with van der Waals surface area (Å²) in [6.45, 7) is 0.208. The molecule has 17 heavy (non-hydrogen) atoms. The quantitative estimate of drug-likeness (QED) is 0.848. The maximum Gasteiger partial charge on any atom is 0.127 e. The highest BCUT2D eigenvalue weighted by Crippen LogP contribution is 2.35. The van der Waals surface area contributed by atoms with Crippen LogP contribution in [0.3, 0.4) is 0 Å². The molecule has 2 aromatic rings. The van der Waals surface area contributed by atoms with Gasteiger partial charge in [0.15, 0.2) is 0 Å². The lowest BCUT2D eigenvalue weighted by Gasteiger charge is -2.11. The Morgan fingerprint density at radius 1 is 0.882 bits per heavy atom. The van der Waals surface area contributed by atoms with Crippen molar-refractivity contribution in [3.05, 3.63) is 48.5 Å². The molecule has 0 saturated heterocycles. The summed E-state index contributed by atoms with van der Waals surface area (Å²) < 4.78 is 5.43. The third-order valence-electron chi connectivity index (χ3n) is 2.43. The van der Waals surface area contributed by atoms with E-state index in [4.69, 9.17) is 9.84 Å². The molecular formula is C14H14O3. The van der Waals surface area contributed by atoms with Crippen LogP contribution in [0.4, 0.5) is 0 Å². The van der Waals surface area contributed by atoms with Gasteiger partial charge in [0.05, 0.1) is 6.61 Å². The van der Waals surface area contributed by atoms with Gasteiger partial charge in [0.25, 0.3) is 0 Å². The van der Waals surface area contributed by atoms with E-state index in [2.05, 4.69) is 0 Å². The fourth-order valence-electron chi connectivity index (χ4n) is 1.67. The van der Waals surface area contributed by atoms with E-state index in [1.165, 1.54) is 0 Å². The average Bonchev–Trinajstić information content (AvgIpc) is 2.37. The van der Waals surface area contributed by atoms with E-state index in [-0.39, 0.29) is 19.0 Å². The molecule has 2 aromatic carbocycles. The van der Waals surface area contributed by atoms with E-state index in [0.29, 0.717) is 5.75 Å². The summed E-state index contributed by atoms with van der Waals surface area (Å²) in [4.78, 5) is 0. The molecule has 0 aliphatic rings. The first kappa shape index (κ1) is 11.5. The Bertz CT molecular complexity index is 494. The fraction of sp³-hybridized carbons (Fsp3) is 0.143. The van der Waals surface area contributed by atoms with Crippen molar-refractivity contribution < 1.29 is 14.9 Å². The van der Waals surface area contributed by atoms with Crippen molar-refractivity contribution in [2.24, 2.45) is 0 Å². The normalized spacial score (nSPS) is 10.2. The van der Waals surface area contributed by atoms with Crippen LogP contribution in [0, 0.1) is 0 Å². The lowest BCUT2D eigenvalue weighted by atomic mass is 10.0. The standard InChI is InChI=1S/C14H14O3/c15-9-10-17-14-8-4-2-6-12(14)11-5-1-3-7-13(11)16/h1-8,15-16H,9-10H2. The third-order valence-corrected chi connectivity index (χ3v) is 2.43. The first-order valence-corrected chi connectivity index (χ1v) is 5.44. The van der Waals surface area contributed by atoms with Gasteiger partial charge in [-0.25, -0.2) is 0 Å². The van der Waals surface area contributed by atoms with Gasteiger partial charge in [-0.3, -0.25) is 0 Å². The van der Waals surface area contributed by atoms with Gasteiger partial charge in [0.2, 0.25) is 0 Å². The van der Waals surface area contributed by atoms with Crippen LogP contribution in [0.25, 0.3) is 11.1 Å². The summed E-state index contributed by atoms with van der Waals surface area (Å²) in [5, 5.41) is 18.6. The summed E-state index contributed by atoms with van der Waals surface area (Å²) >= 11 is 0. The summed E-state index contributed by atoms with van der Waals surface area (Å²) in [5.74, 6) is 0.871. The highest BCUT2D eigenvalue weighted by molar-refractivity contribution is 5.75. The van der Waals surface area contributed by atoms with E-state index in [0.717, 1.165) is 11.1 Å². The summed E-state index contributed by atoms with van der Waals surface area (Å²) in [7, 11) is 0. The Morgan fingerprint density at radius 2 is 1.53 bits per heavy atom. The molecule has 2 rings (SSSR count). The number of hydrogen-bond acceptors (Lipinski definition) is 3. The highest BCUT2D eigenvalue weighted by Gasteiger charge is 2.08. The Balaban J connectivity index is 2.41. The van der Waals surface area contributed by atoms with Crippen LogP contribution in [-0.2, 0) is 0 Å². The van der Waals surface area contributed by atoms with Gasteiger partial charge >= 0.3 is 0 Å². The molecule has 0 aromatic heterocycles. The molecule has 0 unspecified atom stereocenters. The van der Waals surface area contributed by atoms with Crippen molar-refractivity contribution >= 4 is 0 Å². The van der Waals surface area contributed by atoms with Gasteiger partial charge in [-0.15, -0.1) is 0 Å². The molecular weight excluding hydrogens is 216 g/mol. The first-order chi connectivity index (χ1) is 8.33. The number of para-hydroxylation sites is 2. The van der Waals surface area contributed by atoms with Crippen molar-refractivity contribution in [2.75, 3.05) is 13.2 Å². The molecule has 3 heteroatoms. The number of phenolic OH excluding ortho intramolecular Hbond substituents is 1. The SMILES string of the molecule is OCCOc1ccccc1-c1ccccc1O. The van der Waals surface area contributed by atoms with Gasteiger partial charge in [-0.1, -0.05) is 36.4 Å². The molecule has 0 aliphatic carbocycles. The van der Waals surface area contributed by atoms with Gasteiger partial charge in [0.1, 0.15) is 18.1 Å². The van der Waals surface area contributed by atoms with Crippen molar-refractivity contribution in [2.45, 2.75) is 0 Å². The highest BCUT2D eigenvalue weighted by atomic mass is 16.5. The number of hydrogen-bond donors (Lipinski definition) is 2. The molecule has 0 amide bonds. The monoisotopic (exact) mass is 230 g/mol. The van der Waals surface area contributed by atoms with Crippen LogP contribution < -0.4 is 4.74 Å². The smallest absolute Gasteiger partial charge is 0.127 e. The molecule has 0 spiro atoms. The second-order valence-corrected chi connectivity index (χ2v) is 3.59. The van der Waals surface area contributed by atoms with Crippen LogP contribution in [0.15, 0.2) is 48.5 Å². The van der Waals surface area contributed by atoms with E-state index < -0.39 is 0 Å². The number of aliphatic hydroxyl groups is 1. The molecule has 88 valence electrons. The maximum atomic E-state index is 9.81. The maximum absolute atomic E-state index is 9.81. The van der Waals surface area contributed by atoms with Crippen LogP contribution in [-0.4, -0.2) is 23.4 Å². The van der Waals surface area contributed by atoms with E-state index >= 15 is 0 Å². The zero-order chi connectivity index (χ0) is 12.1. The van der Waals surface area contributed by atoms with Crippen molar-refractivity contribution in [3.8, 4) is 22.6 Å². The number of aromatic hydroxyl groups is 1. The molecule has 0 heterocycles. The zero-order valence-corrected chi connectivity index (χ0v) is 9.34. The summed E-state index contributed by atoms with van der Waals surface area (Å²) in [5.41, 5.74) is 1.54. The van der Waals surface area contributed by atoms with Gasteiger partial charge in [-0.2, -0.15) is 0 Å². The van der Waals surface area contributed by atoms with Gasteiger partial charge in [0, 0.05) is 11.1 Å². The van der Waals surface area contributed by atoms with Gasteiger partial charge < -0.3 is 14.9 Å². The van der Waals surface area contributed by atoms with Crippen molar-refractivity contribution in [1.29, 1.82) is 0 Å². The minimum Gasteiger partial charge on any atom is -0.507 e. The summed E-state index contributed by atoms with van der Waals surface area (Å²) in [6.07, 6.45) is 0. The Labute approximate surface area is 99.9 Å². The van der Waals surface area contributed by atoms with Crippen LogP contribution in [0.2, 0.25) is 0 Å². The Morgan fingerprint density at radius 3 is 2.24 bits per heavy atom. The minimum absolute atomic E-state index is 0.0326. The number of phenols is 1. The van der Waals surface area contributed by atoms with E-state index in [1.54, 1.807) is 12.1 Å². The largest absolute Gasteiger partial charge is 0.507 e. The number of benzene rings is 2. The third kappa shape index (κ3) is 2.57. The topological polar surface area (TPSA) is 49.7 Å². The molecule has 0 radical (unpaired) electrons. The van der Waals surface area contributed by atoms with E-state index in [9.17, 15) is 5.11 Å². The Kier molecular flexibility index (Phi) is 3.62. The van der Waals surface area contributed by atoms with Gasteiger partial charge in [-0.05, 0) is 12.1 Å². The average molecular weight is 230 g/mol. The predicted octanol–water partition coefficient (Wildman–Crippen LogP) is 2.43. The number of rotatable bonds is 4. The van der Waals surface area contributed by atoms with Crippen molar-refractivity contribution in [3.63, 3.8) is 0 Å². The van der Waals surface area contributed by atoms with Crippen LogP contribution >= 0.6 is 0 Å². The molecule has 0 aliphatic heterocycles. The predicted molar refractivity (Wildman–Crippen MR) is 66.1 cm³/mol. The molecule has 0 saturated carbocycles. The molecule has 2 N–H and O–H groups in total. The van der Waals surface area contributed by atoms with E-state index in [1.807, 2.05) is 36.4 Å². The molecule has 0 atom stereocenters. The van der Waals surface area contributed by atoms with Crippen LogP contribution in [0.1, 0.15) is 0 Å². The fourth-order valence-corrected chi connectivity index (χ4v) is 1.67. The summed E-state index contributed by atoms with van der Waals surface area (Å²) in [6, 6.07) is 14.5. The second kappa shape index (κ2) is 5.37. The number of aliphatic hydroxyl groups excluding tert-OH is 1. The molecule has 3 nitrogen and oxygen atoms in total. The molecule has 0 bridgehead atoms. The first-order valence-electron chi connectivity index (χ1n) is 5.44. The van der Waals surface area contributed by atoms with Crippen molar-refractivity contribution in [1.82, 2.24) is 0 Å². The minimum atomic E-state index is -0.0326. The lowest BCUT2D eigenvalue weighted by Crippen LogP contribution is -2.02. The second-order valence-electron chi connectivity index (χ2n) is 3.59. The molecule has 0 fully saturated rings. The Hall–Kier alpha value is -2.00.